The lowest BCUT2D eigenvalue weighted by atomic mass is 10.0. The van der Waals surface area contributed by atoms with Crippen molar-refractivity contribution in [2.45, 2.75) is 38.6 Å². The molecule has 1 aliphatic rings. The normalized spacial score (nSPS) is 19.2. The Labute approximate surface area is 121 Å². The van der Waals surface area contributed by atoms with Crippen molar-refractivity contribution in [2.24, 2.45) is 0 Å². The number of benzene rings is 1. The molecule has 1 aliphatic heterocycles. The number of nitrogens with zero attached hydrogens (tertiary/aromatic N) is 1. The average Bonchev–Trinajstić information content (AvgIpc) is 2.65. The standard InChI is InChI=1S/C15H17F2NO3/c1-9-5-3-2-4-6-18(9)14(19)10-7-12(16)13(17)8-11(10)15(20)21/h7-9H,2-6H2,1H3,(H,20,21). The van der Waals surface area contributed by atoms with Crippen molar-refractivity contribution >= 4 is 11.9 Å². The molecular weight excluding hydrogens is 280 g/mol. The van der Waals surface area contributed by atoms with Crippen LogP contribution in [0.15, 0.2) is 12.1 Å². The predicted octanol–water partition coefficient (Wildman–Crippen LogP) is 3.07. The summed E-state index contributed by atoms with van der Waals surface area (Å²) in [6, 6.07) is 1.20. The van der Waals surface area contributed by atoms with Gasteiger partial charge in [-0.25, -0.2) is 13.6 Å². The molecule has 21 heavy (non-hydrogen) atoms. The van der Waals surface area contributed by atoms with Crippen LogP contribution in [0.25, 0.3) is 0 Å². The van der Waals surface area contributed by atoms with Crippen molar-refractivity contribution in [3.8, 4) is 0 Å². The number of carbonyl (C=O) groups is 2. The van der Waals surface area contributed by atoms with Gasteiger partial charge < -0.3 is 10.0 Å². The van der Waals surface area contributed by atoms with E-state index in [1.807, 2.05) is 6.92 Å². The summed E-state index contributed by atoms with van der Waals surface area (Å²) in [5, 5.41) is 9.09. The van der Waals surface area contributed by atoms with E-state index in [9.17, 15) is 18.4 Å². The summed E-state index contributed by atoms with van der Waals surface area (Å²) in [4.78, 5) is 25.2. The highest BCUT2D eigenvalue weighted by Crippen LogP contribution is 2.22. The van der Waals surface area contributed by atoms with Gasteiger partial charge in [-0.2, -0.15) is 0 Å². The van der Waals surface area contributed by atoms with Crippen molar-refractivity contribution in [3.05, 3.63) is 34.9 Å². The summed E-state index contributed by atoms with van der Waals surface area (Å²) in [7, 11) is 0. The number of likely N-dealkylation sites (tertiary alicyclic amines) is 1. The van der Waals surface area contributed by atoms with Crippen LogP contribution in [0.5, 0.6) is 0 Å². The third kappa shape index (κ3) is 3.20. The SMILES string of the molecule is CC1CCCCCN1C(=O)c1cc(F)c(F)cc1C(=O)O. The minimum Gasteiger partial charge on any atom is -0.478 e. The molecule has 6 heteroatoms. The average molecular weight is 297 g/mol. The van der Waals surface area contributed by atoms with E-state index in [1.165, 1.54) is 0 Å². The molecule has 2 rings (SSSR count). The van der Waals surface area contributed by atoms with Gasteiger partial charge in [0, 0.05) is 12.6 Å². The second-order valence-electron chi connectivity index (χ2n) is 5.31. The zero-order valence-corrected chi connectivity index (χ0v) is 11.7. The zero-order valence-electron chi connectivity index (χ0n) is 11.7. The largest absolute Gasteiger partial charge is 0.478 e. The number of rotatable bonds is 2. The molecule has 1 saturated heterocycles. The molecule has 114 valence electrons. The van der Waals surface area contributed by atoms with Gasteiger partial charge >= 0.3 is 5.97 Å². The van der Waals surface area contributed by atoms with E-state index in [2.05, 4.69) is 0 Å². The van der Waals surface area contributed by atoms with Crippen LogP contribution >= 0.6 is 0 Å². The Bertz CT molecular complexity index is 574. The summed E-state index contributed by atoms with van der Waals surface area (Å²) in [5.41, 5.74) is -0.800. The van der Waals surface area contributed by atoms with E-state index in [0.29, 0.717) is 18.7 Å². The molecule has 1 heterocycles. The molecule has 1 fully saturated rings. The second kappa shape index (κ2) is 6.20. The van der Waals surface area contributed by atoms with Crippen molar-refractivity contribution in [1.82, 2.24) is 4.90 Å². The summed E-state index contributed by atoms with van der Waals surface area (Å²) in [5.74, 6) is -4.49. The number of halogens is 2. The highest BCUT2D eigenvalue weighted by molar-refractivity contribution is 6.04. The summed E-state index contributed by atoms with van der Waals surface area (Å²) < 4.78 is 26.6. The second-order valence-corrected chi connectivity index (χ2v) is 5.31. The van der Waals surface area contributed by atoms with E-state index in [0.717, 1.165) is 25.7 Å². The lowest BCUT2D eigenvalue weighted by Gasteiger charge is -2.27. The fourth-order valence-electron chi connectivity index (χ4n) is 2.63. The van der Waals surface area contributed by atoms with E-state index in [1.54, 1.807) is 4.90 Å². The fourth-order valence-corrected chi connectivity index (χ4v) is 2.63. The van der Waals surface area contributed by atoms with Crippen LogP contribution in [0.2, 0.25) is 0 Å². The molecule has 0 spiro atoms. The topological polar surface area (TPSA) is 57.6 Å². The van der Waals surface area contributed by atoms with Crippen LogP contribution in [0.4, 0.5) is 8.78 Å². The third-order valence-electron chi connectivity index (χ3n) is 3.84. The summed E-state index contributed by atoms with van der Waals surface area (Å²) in [6.45, 7) is 2.38. The first-order valence-corrected chi connectivity index (χ1v) is 6.95. The van der Waals surface area contributed by atoms with Gasteiger partial charge in [0.05, 0.1) is 11.1 Å². The number of hydrogen-bond donors (Lipinski definition) is 1. The number of hydrogen-bond acceptors (Lipinski definition) is 2. The Morgan fingerprint density at radius 3 is 2.38 bits per heavy atom. The predicted molar refractivity (Wildman–Crippen MR) is 72.3 cm³/mol. The van der Waals surface area contributed by atoms with Gasteiger partial charge in [-0.1, -0.05) is 12.8 Å². The molecule has 4 nitrogen and oxygen atoms in total. The highest BCUT2D eigenvalue weighted by Gasteiger charge is 2.28. The summed E-state index contributed by atoms with van der Waals surface area (Å²) in [6.07, 6.45) is 3.63. The molecule has 0 saturated carbocycles. The van der Waals surface area contributed by atoms with Crippen LogP contribution in [0.3, 0.4) is 0 Å². The smallest absolute Gasteiger partial charge is 0.336 e. The minimum atomic E-state index is -1.44. The zero-order chi connectivity index (χ0) is 15.6. The van der Waals surface area contributed by atoms with Gasteiger partial charge in [0.1, 0.15) is 0 Å². The maximum Gasteiger partial charge on any atom is 0.336 e. The first-order valence-electron chi connectivity index (χ1n) is 6.95. The van der Waals surface area contributed by atoms with E-state index < -0.39 is 29.1 Å². The lowest BCUT2D eigenvalue weighted by molar-refractivity contribution is 0.0653. The Hall–Kier alpha value is -1.98. The number of carboxylic acids is 1. The summed E-state index contributed by atoms with van der Waals surface area (Å²) >= 11 is 0. The molecule has 0 aliphatic carbocycles. The Morgan fingerprint density at radius 1 is 1.14 bits per heavy atom. The molecule has 1 atom stereocenters. The van der Waals surface area contributed by atoms with Crippen molar-refractivity contribution < 1.29 is 23.5 Å². The monoisotopic (exact) mass is 297 g/mol. The Kier molecular flexibility index (Phi) is 4.55. The molecule has 1 aromatic rings. The van der Waals surface area contributed by atoms with Crippen LogP contribution in [0.1, 0.15) is 53.3 Å². The fraction of sp³-hybridized carbons (Fsp3) is 0.467. The molecular formula is C15H17F2NO3. The third-order valence-corrected chi connectivity index (χ3v) is 3.84. The van der Waals surface area contributed by atoms with E-state index >= 15 is 0 Å². The van der Waals surface area contributed by atoms with Gasteiger partial charge in [0.25, 0.3) is 5.91 Å². The number of carbonyl (C=O) groups excluding carboxylic acids is 1. The first kappa shape index (κ1) is 15.4. The molecule has 0 radical (unpaired) electrons. The number of amides is 1. The molecule has 1 aromatic carbocycles. The van der Waals surface area contributed by atoms with Crippen LogP contribution in [-0.4, -0.2) is 34.5 Å². The number of carboxylic acid groups (broad SMARTS) is 1. The Morgan fingerprint density at radius 2 is 1.76 bits per heavy atom. The molecule has 0 aromatic heterocycles. The van der Waals surface area contributed by atoms with E-state index in [4.69, 9.17) is 5.11 Å². The van der Waals surface area contributed by atoms with Gasteiger partial charge in [-0.05, 0) is 31.9 Å². The van der Waals surface area contributed by atoms with Gasteiger partial charge in [-0.15, -0.1) is 0 Å². The Balaban J connectivity index is 2.42. The molecule has 1 unspecified atom stereocenters. The quantitative estimate of drug-likeness (QED) is 0.912. The minimum absolute atomic E-state index is 0.0465. The number of aromatic carboxylic acids is 1. The molecule has 0 bridgehead atoms. The van der Waals surface area contributed by atoms with Gasteiger partial charge in [0.2, 0.25) is 0 Å². The maximum atomic E-state index is 13.4. The van der Waals surface area contributed by atoms with Gasteiger partial charge in [0.15, 0.2) is 11.6 Å². The van der Waals surface area contributed by atoms with Crippen molar-refractivity contribution in [3.63, 3.8) is 0 Å². The van der Waals surface area contributed by atoms with Crippen LogP contribution in [0, 0.1) is 11.6 Å². The van der Waals surface area contributed by atoms with Gasteiger partial charge in [-0.3, -0.25) is 4.79 Å². The maximum absolute atomic E-state index is 13.4. The van der Waals surface area contributed by atoms with Crippen molar-refractivity contribution in [2.75, 3.05) is 6.54 Å². The molecule has 1 amide bonds. The van der Waals surface area contributed by atoms with Crippen molar-refractivity contribution in [1.29, 1.82) is 0 Å². The first-order chi connectivity index (χ1) is 9.91. The molecule has 1 N–H and O–H groups in total. The lowest BCUT2D eigenvalue weighted by Crippen LogP contribution is -2.39. The van der Waals surface area contributed by atoms with E-state index in [-0.39, 0.29) is 11.6 Å². The van der Waals surface area contributed by atoms with Crippen LogP contribution < -0.4 is 0 Å². The highest BCUT2D eigenvalue weighted by atomic mass is 19.2. The van der Waals surface area contributed by atoms with Crippen LogP contribution in [-0.2, 0) is 0 Å².